The molecule has 0 N–H and O–H groups in total. The molecule has 1 heterocycles. The largest absolute Gasteiger partial charge is 0.493 e. The molecule has 0 fully saturated rings. The van der Waals surface area contributed by atoms with Gasteiger partial charge >= 0.3 is 0 Å². The molecule has 0 amide bonds. The Morgan fingerprint density at radius 2 is 1.95 bits per heavy atom. The van der Waals surface area contributed by atoms with Gasteiger partial charge in [0, 0.05) is 30.9 Å². The summed E-state index contributed by atoms with van der Waals surface area (Å²) in [6, 6.07) is 1.81. The Morgan fingerprint density at radius 1 is 1.20 bits per heavy atom. The third-order valence-electron chi connectivity index (χ3n) is 2.98. The molecule has 0 saturated carbocycles. The van der Waals surface area contributed by atoms with Gasteiger partial charge in [-0.25, -0.2) is 0 Å². The highest BCUT2D eigenvalue weighted by molar-refractivity contribution is 7.98. The second kappa shape index (κ2) is 9.08. The van der Waals surface area contributed by atoms with Crippen LogP contribution in [0.4, 0.5) is 0 Å². The van der Waals surface area contributed by atoms with Gasteiger partial charge in [0.25, 0.3) is 0 Å². The monoisotopic (exact) mass is 299 g/mol. The molecule has 0 saturated heterocycles. The Morgan fingerprint density at radius 3 is 2.50 bits per heavy atom. The first-order chi connectivity index (χ1) is 9.62. The fraction of sp³-hybridized carbons (Fsp3) is 0.667. The van der Waals surface area contributed by atoms with Gasteiger partial charge in [0.05, 0.1) is 26.0 Å². The highest BCUT2D eigenvalue weighted by Gasteiger charge is 2.13. The molecule has 114 valence electrons. The van der Waals surface area contributed by atoms with E-state index in [1.165, 1.54) is 0 Å². The number of methoxy groups -OCH3 is 3. The van der Waals surface area contributed by atoms with E-state index in [4.69, 9.17) is 14.2 Å². The van der Waals surface area contributed by atoms with E-state index < -0.39 is 0 Å². The fourth-order valence-corrected chi connectivity index (χ4v) is 3.05. The van der Waals surface area contributed by atoms with Crippen LogP contribution in [0.1, 0.15) is 26.0 Å². The first kappa shape index (κ1) is 17.1. The molecule has 20 heavy (non-hydrogen) atoms. The summed E-state index contributed by atoms with van der Waals surface area (Å²) in [7, 11) is 5.06. The lowest BCUT2D eigenvalue weighted by molar-refractivity contribution is 0.103. The van der Waals surface area contributed by atoms with Crippen LogP contribution in [-0.2, 0) is 10.5 Å². The topological polar surface area (TPSA) is 40.6 Å². The molecule has 4 nitrogen and oxygen atoms in total. The molecule has 0 aliphatic heterocycles. The number of aromatic nitrogens is 1. The van der Waals surface area contributed by atoms with Crippen molar-refractivity contribution in [2.75, 3.05) is 27.1 Å². The highest BCUT2D eigenvalue weighted by Crippen LogP contribution is 2.31. The lowest BCUT2D eigenvalue weighted by Gasteiger charge is -2.17. The Labute approximate surface area is 126 Å². The van der Waals surface area contributed by atoms with Crippen molar-refractivity contribution in [3.8, 4) is 11.5 Å². The predicted octanol–water partition coefficient (Wildman–Crippen LogP) is 3.39. The number of hydrogen-bond acceptors (Lipinski definition) is 5. The number of pyridine rings is 1. The molecule has 1 aromatic heterocycles. The van der Waals surface area contributed by atoms with Crippen LogP contribution in [0.25, 0.3) is 0 Å². The molecule has 0 aliphatic rings. The van der Waals surface area contributed by atoms with Crippen molar-refractivity contribution >= 4 is 11.8 Å². The Kier molecular flexibility index (Phi) is 7.77. The molecule has 0 bridgehead atoms. The van der Waals surface area contributed by atoms with E-state index in [1.807, 2.05) is 6.07 Å². The summed E-state index contributed by atoms with van der Waals surface area (Å²) >= 11 is 1.81. The van der Waals surface area contributed by atoms with Gasteiger partial charge in [-0.3, -0.25) is 4.98 Å². The zero-order valence-corrected chi connectivity index (χ0v) is 13.8. The van der Waals surface area contributed by atoms with E-state index >= 15 is 0 Å². The number of hydrogen-bond donors (Lipinski definition) is 0. The van der Waals surface area contributed by atoms with Crippen LogP contribution < -0.4 is 9.47 Å². The second-order valence-corrected chi connectivity index (χ2v) is 6.03. The number of nitrogens with zero attached hydrogens (tertiary/aromatic N) is 1. The zero-order valence-electron chi connectivity index (χ0n) is 13.0. The summed E-state index contributed by atoms with van der Waals surface area (Å²) in [6.07, 6.45) is 3.11. The summed E-state index contributed by atoms with van der Waals surface area (Å²) in [5.41, 5.74) is 0.913. The van der Waals surface area contributed by atoms with Crippen LogP contribution in [0.5, 0.6) is 11.5 Å². The molecule has 1 aromatic rings. The summed E-state index contributed by atoms with van der Waals surface area (Å²) < 4.78 is 16.2. The van der Waals surface area contributed by atoms with Gasteiger partial charge < -0.3 is 14.2 Å². The number of rotatable bonds is 9. The Hall–Kier alpha value is -0.940. The SMILES string of the molecule is COc1ccnc(CSCC(CC(C)C)OC)c1OC. The van der Waals surface area contributed by atoms with Crippen molar-refractivity contribution < 1.29 is 14.2 Å². The lowest BCUT2D eigenvalue weighted by Crippen LogP contribution is -2.16. The van der Waals surface area contributed by atoms with Crippen molar-refractivity contribution in [3.63, 3.8) is 0 Å². The fourth-order valence-electron chi connectivity index (χ4n) is 2.00. The second-order valence-electron chi connectivity index (χ2n) is 5.00. The minimum atomic E-state index is 0.289. The number of thioether (sulfide) groups is 1. The van der Waals surface area contributed by atoms with Crippen molar-refractivity contribution in [2.24, 2.45) is 5.92 Å². The van der Waals surface area contributed by atoms with Gasteiger partial charge in [0.2, 0.25) is 0 Å². The smallest absolute Gasteiger partial charge is 0.183 e. The maximum Gasteiger partial charge on any atom is 0.183 e. The molecular weight excluding hydrogens is 274 g/mol. The summed E-state index contributed by atoms with van der Waals surface area (Å²) in [5.74, 6) is 3.84. The molecule has 0 aliphatic carbocycles. The first-order valence-corrected chi connectivity index (χ1v) is 7.94. The molecule has 1 atom stereocenters. The van der Waals surface area contributed by atoms with Gasteiger partial charge in [0.15, 0.2) is 11.5 Å². The van der Waals surface area contributed by atoms with Gasteiger partial charge in [-0.05, 0) is 12.3 Å². The number of ether oxygens (including phenoxy) is 3. The van der Waals surface area contributed by atoms with E-state index in [2.05, 4.69) is 18.8 Å². The average Bonchev–Trinajstić information content (AvgIpc) is 2.45. The molecular formula is C15H25NO3S. The minimum Gasteiger partial charge on any atom is -0.493 e. The lowest BCUT2D eigenvalue weighted by atomic mass is 10.1. The van der Waals surface area contributed by atoms with Crippen molar-refractivity contribution in [1.29, 1.82) is 0 Å². The third kappa shape index (κ3) is 5.21. The van der Waals surface area contributed by atoms with Gasteiger partial charge in [-0.2, -0.15) is 11.8 Å². The predicted molar refractivity (Wildman–Crippen MR) is 83.8 cm³/mol. The van der Waals surface area contributed by atoms with E-state index in [-0.39, 0.29) is 6.10 Å². The summed E-state index contributed by atoms with van der Waals surface area (Å²) in [6.45, 7) is 4.42. The first-order valence-electron chi connectivity index (χ1n) is 6.78. The highest BCUT2D eigenvalue weighted by atomic mass is 32.2. The molecule has 1 unspecified atom stereocenters. The summed E-state index contributed by atoms with van der Waals surface area (Å²) in [5, 5.41) is 0. The molecule has 0 radical (unpaired) electrons. The van der Waals surface area contributed by atoms with Crippen LogP contribution >= 0.6 is 11.8 Å². The van der Waals surface area contributed by atoms with Crippen molar-refractivity contribution in [3.05, 3.63) is 18.0 Å². The van der Waals surface area contributed by atoms with Crippen LogP contribution in [0.15, 0.2) is 12.3 Å². The van der Waals surface area contributed by atoms with Crippen molar-refractivity contribution in [2.45, 2.75) is 32.1 Å². The average molecular weight is 299 g/mol. The normalized spacial score (nSPS) is 12.5. The van der Waals surface area contributed by atoms with Gasteiger partial charge in [-0.15, -0.1) is 0 Å². The minimum absolute atomic E-state index is 0.289. The van der Waals surface area contributed by atoms with Crippen molar-refractivity contribution in [1.82, 2.24) is 4.98 Å². The van der Waals surface area contributed by atoms with E-state index in [1.54, 1.807) is 39.3 Å². The maximum absolute atomic E-state index is 5.50. The van der Waals surface area contributed by atoms with E-state index in [0.29, 0.717) is 5.92 Å². The van der Waals surface area contributed by atoms with Crippen LogP contribution in [-0.4, -0.2) is 38.2 Å². The van der Waals surface area contributed by atoms with Crippen LogP contribution in [0.2, 0.25) is 0 Å². The van der Waals surface area contributed by atoms with Gasteiger partial charge in [0.1, 0.15) is 0 Å². The van der Waals surface area contributed by atoms with Gasteiger partial charge in [-0.1, -0.05) is 13.8 Å². The standard InChI is InChI=1S/C15H25NO3S/c1-11(2)8-12(17-3)9-20-10-13-15(19-5)14(18-4)6-7-16-13/h6-7,11-12H,8-10H2,1-5H3. The summed E-state index contributed by atoms with van der Waals surface area (Å²) in [4.78, 5) is 4.38. The van der Waals surface area contributed by atoms with Crippen LogP contribution in [0, 0.1) is 5.92 Å². The Bertz CT molecular complexity index is 399. The molecule has 1 rings (SSSR count). The molecule has 0 aromatic carbocycles. The van der Waals surface area contributed by atoms with Crippen LogP contribution in [0.3, 0.4) is 0 Å². The quantitative estimate of drug-likeness (QED) is 0.699. The third-order valence-corrected chi connectivity index (χ3v) is 4.06. The van der Waals surface area contributed by atoms with E-state index in [9.17, 15) is 0 Å². The zero-order chi connectivity index (χ0) is 15.0. The van der Waals surface area contributed by atoms with E-state index in [0.717, 1.165) is 35.1 Å². The molecule has 0 spiro atoms. The Balaban J connectivity index is 2.57. The molecule has 5 heteroatoms. The maximum atomic E-state index is 5.50.